The van der Waals surface area contributed by atoms with Crippen LogP contribution in [0.1, 0.15) is 0 Å². The van der Waals surface area contributed by atoms with Crippen LogP contribution >= 0.6 is 0 Å². The Bertz CT molecular complexity index is 607. The van der Waals surface area contributed by atoms with E-state index in [1.165, 1.54) is 25.3 Å². The number of anilines is 2. The van der Waals surface area contributed by atoms with E-state index < -0.39 is 5.82 Å². The zero-order chi connectivity index (χ0) is 14.5. The molecule has 0 atom stereocenters. The predicted molar refractivity (Wildman–Crippen MR) is 74.0 cm³/mol. The third kappa shape index (κ3) is 3.12. The van der Waals surface area contributed by atoms with E-state index in [-0.39, 0.29) is 18.1 Å². The third-order valence-electron chi connectivity index (χ3n) is 2.61. The number of aliphatic hydroxyl groups excluding tert-OH is 1. The topological polar surface area (TPSA) is 93.3 Å². The summed E-state index contributed by atoms with van der Waals surface area (Å²) in [5.74, 6) is 0.523. The van der Waals surface area contributed by atoms with Gasteiger partial charge in [0.05, 0.1) is 19.4 Å². The van der Waals surface area contributed by atoms with Crippen LogP contribution in [0.25, 0.3) is 11.3 Å². The number of nitrogens with zero attached hydrogens (tertiary/aromatic N) is 2. The SMILES string of the molecule is COc1ccc(F)c(-c2cc(NCCO)nc(N)n2)c1. The van der Waals surface area contributed by atoms with Gasteiger partial charge in [0.25, 0.3) is 0 Å². The largest absolute Gasteiger partial charge is 0.497 e. The van der Waals surface area contributed by atoms with Crippen molar-refractivity contribution in [1.29, 1.82) is 0 Å². The molecule has 4 N–H and O–H groups in total. The van der Waals surface area contributed by atoms with Gasteiger partial charge in [0.1, 0.15) is 17.4 Å². The van der Waals surface area contributed by atoms with Crippen molar-refractivity contribution in [3.63, 3.8) is 0 Å². The summed E-state index contributed by atoms with van der Waals surface area (Å²) in [7, 11) is 1.50. The highest BCUT2D eigenvalue weighted by molar-refractivity contribution is 5.66. The maximum absolute atomic E-state index is 13.9. The molecule has 6 nitrogen and oxygen atoms in total. The van der Waals surface area contributed by atoms with Gasteiger partial charge in [0.2, 0.25) is 5.95 Å². The monoisotopic (exact) mass is 278 g/mol. The van der Waals surface area contributed by atoms with Crippen molar-refractivity contribution >= 4 is 11.8 Å². The summed E-state index contributed by atoms with van der Waals surface area (Å²) in [5.41, 5.74) is 6.22. The van der Waals surface area contributed by atoms with E-state index in [2.05, 4.69) is 15.3 Å². The van der Waals surface area contributed by atoms with Crippen LogP contribution in [0.4, 0.5) is 16.2 Å². The molecule has 2 rings (SSSR count). The number of nitrogen functional groups attached to an aromatic ring is 1. The van der Waals surface area contributed by atoms with Gasteiger partial charge in [-0.05, 0) is 18.2 Å². The third-order valence-corrected chi connectivity index (χ3v) is 2.61. The second-order valence-electron chi connectivity index (χ2n) is 3.99. The van der Waals surface area contributed by atoms with Crippen molar-refractivity contribution in [1.82, 2.24) is 9.97 Å². The van der Waals surface area contributed by atoms with Crippen LogP contribution in [-0.2, 0) is 0 Å². The maximum atomic E-state index is 13.9. The fourth-order valence-corrected chi connectivity index (χ4v) is 1.71. The van der Waals surface area contributed by atoms with Crippen LogP contribution in [-0.4, -0.2) is 35.3 Å². The van der Waals surface area contributed by atoms with Gasteiger partial charge in [-0.15, -0.1) is 0 Å². The molecule has 0 saturated carbocycles. The number of rotatable bonds is 5. The number of methoxy groups -OCH3 is 1. The molecule has 0 aliphatic heterocycles. The number of nitrogens with two attached hydrogens (primary N) is 1. The summed E-state index contributed by atoms with van der Waals surface area (Å²) in [6.07, 6.45) is 0. The van der Waals surface area contributed by atoms with Crippen LogP contribution in [0.2, 0.25) is 0 Å². The Balaban J connectivity index is 2.43. The van der Waals surface area contributed by atoms with Gasteiger partial charge in [-0.3, -0.25) is 0 Å². The molecule has 0 unspecified atom stereocenters. The minimum atomic E-state index is -0.433. The van der Waals surface area contributed by atoms with Gasteiger partial charge in [-0.2, -0.15) is 4.98 Å². The molecule has 20 heavy (non-hydrogen) atoms. The molecular weight excluding hydrogens is 263 g/mol. The Hall–Kier alpha value is -2.41. The predicted octanol–water partition coefficient (Wildman–Crippen LogP) is 1.28. The number of nitrogens with one attached hydrogen (secondary N) is 1. The average molecular weight is 278 g/mol. The second-order valence-corrected chi connectivity index (χ2v) is 3.99. The van der Waals surface area contributed by atoms with Crippen molar-refractivity contribution in [2.24, 2.45) is 0 Å². The van der Waals surface area contributed by atoms with E-state index in [1.807, 2.05) is 0 Å². The fraction of sp³-hybridized carbons (Fsp3) is 0.231. The Morgan fingerprint density at radius 1 is 1.35 bits per heavy atom. The molecule has 0 fully saturated rings. The van der Waals surface area contributed by atoms with Gasteiger partial charge in [-0.1, -0.05) is 0 Å². The lowest BCUT2D eigenvalue weighted by atomic mass is 10.1. The lowest BCUT2D eigenvalue weighted by Crippen LogP contribution is -2.09. The van der Waals surface area contributed by atoms with Crippen LogP contribution in [0, 0.1) is 5.82 Å². The molecule has 0 saturated heterocycles. The molecule has 0 aliphatic rings. The van der Waals surface area contributed by atoms with Crippen LogP contribution in [0.15, 0.2) is 24.3 Å². The average Bonchev–Trinajstić information content (AvgIpc) is 2.45. The van der Waals surface area contributed by atoms with Gasteiger partial charge in [0, 0.05) is 18.2 Å². The van der Waals surface area contributed by atoms with E-state index in [1.54, 1.807) is 6.07 Å². The summed E-state index contributed by atoms with van der Waals surface area (Å²) >= 11 is 0. The van der Waals surface area contributed by atoms with Crippen molar-refractivity contribution in [3.8, 4) is 17.0 Å². The number of halogens is 1. The van der Waals surface area contributed by atoms with Gasteiger partial charge < -0.3 is 20.9 Å². The molecule has 0 amide bonds. The normalized spacial score (nSPS) is 10.3. The zero-order valence-corrected chi connectivity index (χ0v) is 10.9. The fourth-order valence-electron chi connectivity index (χ4n) is 1.71. The van der Waals surface area contributed by atoms with E-state index in [0.29, 0.717) is 23.8 Å². The molecule has 2 aromatic rings. The summed E-state index contributed by atoms with van der Waals surface area (Å²) in [5, 5.41) is 11.6. The van der Waals surface area contributed by atoms with Crippen molar-refractivity contribution in [2.45, 2.75) is 0 Å². The van der Waals surface area contributed by atoms with Crippen molar-refractivity contribution in [3.05, 3.63) is 30.1 Å². The lowest BCUT2D eigenvalue weighted by Gasteiger charge is -2.09. The summed E-state index contributed by atoms with van der Waals surface area (Å²) < 4.78 is 19.0. The van der Waals surface area contributed by atoms with E-state index >= 15 is 0 Å². The first kappa shape index (κ1) is 14.0. The quantitative estimate of drug-likeness (QED) is 0.763. The molecule has 1 heterocycles. The molecule has 1 aromatic carbocycles. The highest BCUT2D eigenvalue weighted by atomic mass is 19.1. The number of hydrogen-bond acceptors (Lipinski definition) is 6. The summed E-state index contributed by atoms with van der Waals surface area (Å²) in [6, 6.07) is 5.92. The summed E-state index contributed by atoms with van der Waals surface area (Å²) in [4.78, 5) is 7.98. The summed E-state index contributed by atoms with van der Waals surface area (Å²) in [6.45, 7) is 0.267. The van der Waals surface area contributed by atoms with Crippen LogP contribution in [0.3, 0.4) is 0 Å². The Labute approximate surface area is 115 Å². The van der Waals surface area contributed by atoms with Crippen LogP contribution < -0.4 is 15.8 Å². The van der Waals surface area contributed by atoms with Crippen LogP contribution in [0.5, 0.6) is 5.75 Å². The second kappa shape index (κ2) is 6.16. The molecule has 1 aromatic heterocycles. The number of aliphatic hydroxyl groups is 1. The highest BCUT2D eigenvalue weighted by Gasteiger charge is 2.11. The zero-order valence-electron chi connectivity index (χ0n) is 10.9. The smallest absolute Gasteiger partial charge is 0.222 e. The van der Waals surface area contributed by atoms with Gasteiger partial charge >= 0.3 is 0 Å². The molecular formula is C13H15FN4O2. The Kier molecular flexibility index (Phi) is 4.31. The van der Waals surface area contributed by atoms with Gasteiger partial charge in [-0.25, -0.2) is 9.37 Å². The number of benzene rings is 1. The van der Waals surface area contributed by atoms with E-state index in [9.17, 15) is 4.39 Å². The first-order valence-electron chi connectivity index (χ1n) is 5.97. The minimum Gasteiger partial charge on any atom is -0.497 e. The molecule has 106 valence electrons. The Morgan fingerprint density at radius 3 is 2.85 bits per heavy atom. The van der Waals surface area contributed by atoms with Crippen molar-refractivity contribution < 1.29 is 14.2 Å². The van der Waals surface area contributed by atoms with E-state index in [4.69, 9.17) is 15.6 Å². The molecule has 7 heteroatoms. The number of hydrogen-bond donors (Lipinski definition) is 3. The first-order valence-corrected chi connectivity index (χ1v) is 5.97. The minimum absolute atomic E-state index is 0.0187. The molecule has 0 spiro atoms. The molecule has 0 bridgehead atoms. The highest BCUT2D eigenvalue weighted by Crippen LogP contribution is 2.27. The maximum Gasteiger partial charge on any atom is 0.222 e. The molecule has 0 aliphatic carbocycles. The number of aromatic nitrogens is 2. The first-order chi connectivity index (χ1) is 9.63. The standard InChI is InChI=1S/C13H15FN4O2/c1-20-8-2-3-10(14)9(6-8)11-7-12(16-4-5-19)18-13(15)17-11/h2-3,6-7,19H,4-5H2,1H3,(H3,15,16,17,18). The number of ether oxygens (including phenoxy) is 1. The van der Waals surface area contributed by atoms with Crippen molar-refractivity contribution in [2.75, 3.05) is 31.3 Å². The molecule has 0 radical (unpaired) electrons. The Morgan fingerprint density at radius 2 is 2.15 bits per heavy atom. The van der Waals surface area contributed by atoms with Gasteiger partial charge in [0.15, 0.2) is 0 Å². The van der Waals surface area contributed by atoms with E-state index in [0.717, 1.165) is 0 Å². The lowest BCUT2D eigenvalue weighted by molar-refractivity contribution is 0.311.